The van der Waals surface area contributed by atoms with Crippen LogP contribution in [0.25, 0.3) is 0 Å². The maximum atomic E-state index is 12.3. The van der Waals surface area contributed by atoms with Gasteiger partial charge in [0, 0.05) is 6.04 Å². The largest absolute Gasteiger partial charge is 0.392 e. The molecule has 0 saturated heterocycles. The smallest absolute Gasteiger partial charge is 0.241 e. The van der Waals surface area contributed by atoms with E-state index >= 15 is 0 Å². The molecule has 0 spiro atoms. The molecule has 5 heteroatoms. The van der Waals surface area contributed by atoms with Crippen LogP contribution in [-0.4, -0.2) is 26.2 Å². The van der Waals surface area contributed by atoms with Gasteiger partial charge in [-0.25, -0.2) is 13.1 Å². The third-order valence-electron chi connectivity index (χ3n) is 2.84. The third-order valence-corrected chi connectivity index (χ3v) is 4.34. The molecule has 0 fully saturated rings. The minimum absolute atomic E-state index is 0.0964. The van der Waals surface area contributed by atoms with Crippen molar-refractivity contribution in [2.45, 2.75) is 38.1 Å². The lowest BCUT2D eigenvalue weighted by Crippen LogP contribution is -2.34. The zero-order valence-corrected chi connectivity index (χ0v) is 13.0. The van der Waals surface area contributed by atoms with Gasteiger partial charge < -0.3 is 5.11 Å². The molecule has 0 saturated carbocycles. The zero-order chi connectivity index (χ0) is 15.2. The predicted molar refractivity (Wildman–Crippen MR) is 81.0 cm³/mol. The van der Waals surface area contributed by atoms with E-state index in [2.05, 4.69) is 4.72 Å². The Morgan fingerprint density at radius 2 is 1.85 bits per heavy atom. The number of nitrogens with one attached hydrogen (secondary N) is 1. The summed E-state index contributed by atoms with van der Waals surface area (Å²) in [7, 11) is -3.54. The van der Waals surface area contributed by atoms with Crippen molar-refractivity contribution in [3.05, 3.63) is 42.0 Å². The monoisotopic (exact) mass is 297 g/mol. The van der Waals surface area contributed by atoms with Crippen molar-refractivity contribution in [2.75, 3.05) is 6.61 Å². The summed E-state index contributed by atoms with van der Waals surface area (Å²) >= 11 is 0. The lowest BCUT2D eigenvalue weighted by atomic mass is 10.0. The average molecular weight is 297 g/mol. The number of aryl methyl sites for hydroxylation is 1. The summed E-state index contributed by atoms with van der Waals surface area (Å²) in [5.74, 6) is 0.351. The molecule has 1 aromatic rings. The molecule has 0 aromatic heterocycles. The van der Waals surface area contributed by atoms with Gasteiger partial charge in [-0.05, 0) is 31.4 Å². The number of sulfonamides is 1. The summed E-state index contributed by atoms with van der Waals surface area (Å²) in [5, 5.41) is 8.83. The highest BCUT2D eigenvalue weighted by molar-refractivity contribution is 7.89. The Morgan fingerprint density at radius 1 is 1.25 bits per heavy atom. The van der Waals surface area contributed by atoms with Gasteiger partial charge in [0.15, 0.2) is 0 Å². The molecule has 0 amide bonds. The first kappa shape index (κ1) is 16.9. The van der Waals surface area contributed by atoms with Gasteiger partial charge in [-0.1, -0.05) is 43.7 Å². The molecule has 0 aliphatic rings. The van der Waals surface area contributed by atoms with Gasteiger partial charge in [-0.3, -0.25) is 0 Å². The van der Waals surface area contributed by atoms with Gasteiger partial charge in [-0.15, -0.1) is 0 Å². The molecule has 1 unspecified atom stereocenters. The molecule has 0 bridgehead atoms. The molecule has 4 nitrogen and oxygen atoms in total. The van der Waals surface area contributed by atoms with Gasteiger partial charge in [0.2, 0.25) is 10.0 Å². The van der Waals surface area contributed by atoms with Crippen LogP contribution in [0.15, 0.2) is 41.3 Å². The molecule has 0 heterocycles. The van der Waals surface area contributed by atoms with E-state index < -0.39 is 10.0 Å². The first-order valence-electron chi connectivity index (χ1n) is 6.71. The number of hydrogen-bond donors (Lipinski definition) is 2. The molecular weight excluding hydrogens is 274 g/mol. The van der Waals surface area contributed by atoms with Crippen LogP contribution >= 0.6 is 0 Å². The summed E-state index contributed by atoms with van der Waals surface area (Å²) in [4.78, 5) is 0.259. The maximum absolute atomic E-state index is 12.3. The third kappa shape index (κ3) is 5.45. The molecule has 112 valence electrons. The number of hydrogen-bond acceptors (Lipinski definition) is 3. The van der Waals surface area contributed by atoms with Gasteiger partial charge >= 0.3 is 0 Å². The second kappa shape index (κ2) is 7.57. The standard InChI is InChI=1S/C15H23NO3S/c1-12(2)11-14(5-4-10-17)16-20(18,19)15-8-6-13(3)7-9-15/h4-9,12,14,16-17H,10-11H2,1-3H3/b5-4-. The molecule has 0 aliphatic heterocycles. The molecule has 1 atom stereocenters. The van der Waals surface area contributed by atoms with Crippen LogP contribution in [-0.2, 0) is 10.0 Å². The first-order chi connectivity index (χ1) is 9.35. The number of aliphatic hydroxyl groups is 1. The molecular formula is C15H23NO3S. The average Bonchev–Trinajstić information content (AvgIpc) is 2.35. The van der Waals surface area contributed by atoms with E-state index in [1.807, 2.05) is 20.8 Å². The molecule has 20 heavy (non-hydrogen) atoms. The van der Waals surface area contributed by atoms with Crippen LogP contribution in [0.3, 0.4) is 0 Å². The number of rotatable bonds is 7. The van der Waals surface area contributed by atoms with E-state index in [0.29, 0.717) is 12.3 Å². The Labute approximate surface area is 121 Å². The fourth-order valence-corrected chi connectivity index (χ4v) is 3.09. The van der Waals surface area contributed by atoms with Gasteiger partial charge in [-0.2, -0.15) is 0 Å². The molecule has 0 radical (unpaired) electrons. The Bertz CT molecular complexity index is 533. The minimum Gasteiger partial charge on any atom is -0.392 e. The van der Waals surface area contributed by atoms with Gasteiger partial charge in [0.05, 0.1) is 11.5 Å². The normalized spacial score (nSPS) is 14.1. The lowest BCUT2D eigenvalue weighted by molar-refractivity contribution is 0.341. The first-order valence-corrected chi connectivity index (χ1v) is 8.20. The fourth-order valence-electron chi connectivity index (χ4n) is 1.88. The van der Waals surface area contributed by atoms with Gasteiger partial charge in [0.25, 0.3) is 0 Å². The minimum atomic E-state index is -3.54. The second-order valence-corrected chi connectivity index (χ2v) is 7.00. The van der Waals surface area contributed by atoms with Crippen molar-refractivity contribution in [3.8, 4) is 0 Å². The lowest BCUT2D eigenvalue weighted by Gasteiger charge is -2.17. The second-order valence-electron chi connectivity index (χ2n) is 5.28. The Hall–Kier alpha value is -1.17. The summed E-state index contributed by atoms with van der Waals surface area (Å²) in [6.07, 6.45) is 3.94. The SMILES string of the molecule is Cc1ccc(S(=O)(=O)NC(/C=C\CO)CC(C)C)cc1. The molecule has 1 rings (SSSR count). The van der Waals surface area contributed by atoms with Crippen LogP contribution in [0.2, 0.25) is 0 Å². The molecule has 0 aliphatic carbocycles. The Balaban J connectivity index is 2.90. The topological polar surface area (TPSA) is 66.4 Å². The highest BCUT2D eigenvalue weighted by Gasteiger charge is 2.18. The maximum Gasteiger partial charge on any atom is 0.241 e. The summed E-state index contributed by atoms with van der Waals surface area (Å²) < 4.78 is 27.3. The number of benzene rings is 1. The van der Waals surface area contributed by atoms with E-state index in [4.69, 9.17) is 5.11 Å². The van der Waals surface area contributed by atoms with E-state index in [-0.39, 0.29) is 17.5 Å². The van der Waals surface area contributed by atoms with Crippen molar-refractivity contribution < 1.29 is 13.5 Å². The summed E-state index contributed by atoms with van der Waals surface area (Å²) in [5.41, 5.74) is 1.02. The van der Waals surface area contributed by atoms with E-state index in [1.165, 1.54) is 0 Å². The summed E-state index contributed by atoms with van der Waals surface area (Å²) in [6, 6.07) is 6.43. The van der Waals surface area contributed by atoms with Gasteiger partial charge in [0.1, 0.15) is 0 Å². The quantitative estimate of drug-likeness (QED) is 0.759. The Morgan fingerprint density at radius 3 is 2.35 bits per heavy atom. The van der Waals surface area contributed by atoms with Crippen LogP contribution in [0, 0.1) is 12.8 Å². The number of aliphatic hydroxyl groups excluding tert-OH is 1. The van der Waals surface area contributed by atoms with E-state index in [0.717, 1.165) is 5.56 Å². The highest BCUT2D eigenvalue weighted by atomic mass is 32.2. The zero-order valence-electron chi connectivity index (χ0n) is 12.2. The highest BCUT2D eigenvalue weighted by Crippen LogP contribution is 2.13. The molecule has 2 N–H and O–H groups in total. The summed E-state index contributed by atoms with van der Waals surface area (Å²) in [6.45, 7) is 5.87. The van der Waals surface area contributed by atoms with Crippen molar-refractivity contribution in [1.82, 2.24) is 4.72 Å². The van der Waals surface area contributed by atoms with Crippen LogP contribution < -0.4 is 4.72 Å². The van der Waals surface area contributed by atoms with Crippen molar-refractivity contribution >= 4 is 10.0 Å². The van der Waals surface area contributed by atoms with Crippen LogP contribution in [0.5, 0.6) is 0 Å². The van der Waals surface area contributed by atoms with E-state index in [9.17, 15) is 8.42 Å². The van der Waals surface area contributed by atoms with E-state index in [1.54, 1.807) is 36.4 Å². The van der Waals surface area contributed by atoms with Crippen molar-refractivity contribution in [3.63, 3.8) is 0 Å². The van der Waals surface area contributed by atoms with Crippen LogP contribution in [0.4, 0.5) is 0 Å². The van der Waals surface area contributed by atoms with Crippen molar-refractivity contribution in [1.29, 1.82) is 0 Å². The van der Waals surface area contributed by atoms with Crippen LogP contribution in [0.1, 0.15) is 25.8 Å². The Kier molecular flexibility index (Phi) is 6.39. The fraction of sp³-hybridized carbons (Fsp3) is 0.467. The predicted octanol–water partition coefficient (Wildman–Crippen LogP) is 2.24. The molecule has 1 aromatic carbocycles. The van der Waals surface area contributed by atoms with Crippen molar-refractivity contribution in [2.24, 2.45) is 5.92 Å².